The van der Waals surface area contributed by atoms with Crippen molar-refractivity contribution in [2.24, 2.45) is 11.7 Å². The molecular formula is C20H25N3O6. The van der Waals surface area contributed by atoms with E-state index in [1.807, 2.05) is 0 Å². The molecule has 4 N–H and O–H groups in total. The molecule has 2 atom stereocenters. The minimum absolute atomic E-state index is 0.0135. The zero-order valence-electron chi connectivity index (χ0n) is 16.8. The van der Waals surface area contributed by atoms with Crippen molar-refractivity contribution in [2.75, 3.05) is 7.11 Å². The summed E-state index contributed by atoms with van der Waals surface area (Å²) in [5.41, 5.74) is 5.65. The summed E-state index contributed by atoms with van der Waals surface area (Å²) in [4.78, 5) is 47.9. The van der Waals surface area contributed by atoms with Gasteiger partial charge in [-0.1, -0.05) is 13.8 Å². The normalized spacial score (nSPS) is 13.0. The molecule has 0 fully saturated rings. The second kappa shape index (κ2) is 9.22. The fourth-order valence-corrected chi connectivity index (χ4v) is 2.96. The first kappa shape index (κ1) is 21.9. The molecular weight excluding hydrogens is 378 g/mol. The number of ether oxygens (including phenoxy) is 1. The smallest absolute Gasteiger partial charge is 0.336 e. The highest BCUT2D eigenvalue weighted by atomic mass is 16.5. The molecule has 29 heavy (non-hydrogen) atoms. The molecule has 9 heteroatoms. The van der Waals surface area contributed by atoms with E-state index in [9.17, 15) is 19.2 Å². The number of primary amides is 1. The van der Waals surface area contributed by atoms with E-state index in [1.54, 1.807) is 32.0 Å². The van der Waals surface area contributed by atoms with Gasteiger partial charge in [0.05, 0.1) is 7.11 Å². The van der Waals surface area contributed by atoms with Crippen molar-refractivity contribution in [1.82, 2.24) is 10.6 Å². The Morgan fingerprint density at radius 2 is 1.86 bits per heavy atom. The number of fused-ring (bicyclic) bond motifs is 1. The summed E-state index contributed by atoms with van der Waals surface area (Å²) in [6.07, 6.45) is -0.0135. The molecule has 0 bridgehead atoms. The van der Waals surface area contributed by atoms with Gasteiger partial charge >= 0.3 is 5.63 Å². The summed E-state index contributed by atoms with van der Waals surface area (Å²) in [5, 5.41) is 5.72. The summed E-state index contributed by atoms with van der Waals surface area (Å²) < 4.78 is 10.3. The standard InChI is InChI=1S/C20H25N3O6/c1-10(2)18(22-11(3)24)20(27)23-15(19(21)26)7-12-8-17(25)29-16-9-13(28-4)5-6-14(12)16/h5-6,8-10,15,18H,7H2,1-4H3,(H2,21,26)(H,22,24)(H,23,27)/t15-,18-/m1/s1. The number of carbonyl (C=O) groups excluding carboxylic acids is 3. The van der Waals surface area contributed by atoms with Crippen LogP contribution >= 0.6 is 0 Å². The molecule has 0 saturated carbocycles. The second-order valence-corrected chi connectivity index (χ2v) is 7.04. The maximum Gasteiger partial charge on any atom is 0.336 e. The molecule has 3 amide bonds. The Kier molecular flexibility index (Phi) is 6.98. The minimum Gasteiger partial charge on any atom is -0.497 e. The number of nitrogens with two attached hydrogens (primary N) is 1. The summed E-state index contributed by atoms with van der Waals surface area (Å²) in [6.45, 7) is 4.84. The van der Waals surface area contributed by atoms with E-state index in [0.29, 0.717) is 22.3 Å². The number of rotatable bonds is 8. The number of amides is 3. The van der Waals surface area contributed by atoms with Gasteiger partial charge < -0.3 is 25.5 Å². The van der Waals surface area contributed by atoms with Gasteiger partial charge in [-0.3, -0.25) is 14.4 Å². The van der Waals surface area contributed by atoms with Gasteiger partial charge in [-0.25, -0.2) is 4.79 Å². The number of hydrogen-bond donors (Lipinski definition) is 3. The lowest BCUT2D eigenvalue weighted by Gasteiger charge is -2.24. The van der Waals surface area contributed by atoms with Gasteiger partial charge in [0.25, 0.3) is 0 Å². The van der Waals surface area contributed by atoms with Gasteiger partial charge in [-0.05, 0) is 23.6 Å². The average molecular weight is 403 g/mol. The third kappa shape index (κ3) is 5.56. The van der Waals surface area contributed by atoms with Crippen LogP contribution in [-0.2, 0) is 20.8 Å². The maximum atomic E-state index is 12.6. The molecule has 156 valence electrons. The zero-order valence-corrected chi connectivity index (χ0v) is 16.8. The number of carbonyl (C=O) groups is 3. The summed E-state index contributed by atoms with van der Waals surface area (Å²) in [6, 6.07) is 4.30. The zero-order chi connectivity index (χ0) is 21.7. The van der Waals surface area contributed by atoms with Gasteiger partial charge in [-0.2, -0.15) is 0 Å². The lowest BCUT2D eigenvalue weighted by atomic mass is 9.99. The van der Waals surface area contributed by atoms with E-state index in [1.165, 1.54) is 20.1 Å². The third-order valence-electron chi connectivity index (χ3n) is 4.43. The lowest BCUT2D eigenvalue weighted by molar-refractivity contribution is -0.131. The summed E-state index contributed by atoms with van der Waals surface area (Å²) in [5.74, 6) is -1.36. The van der Waals surface area contributed by atoms with Gasteiger partial charge in [0.1, 0.15) is 23.4 Å². The molecule has 0 aliphatic heterocycles. The van der Waals surface area contributed by atoms with Crippen molar-refractivity contribution in [3.63, 3.8) is 0 Å². The van der Waals surface area contributed by atoms with Gasteiger partial charge in [-0.15, -0.1) is 0 Å². The lowest BCUT2D eigenvalue weighted by Crippen LogP contribution is -2.55. The fourth-order valence-electron chi connectivity index (χ4n) is 2.96. The van der Waals surface area contributed by atoms with E-state index >= 15 is 0 Å². The maximum absolute atomic E-state index is 12.6. The highest BCUT2D eigenvalue weighted by Crippen LogP contribution is 2.23. The quantitative estimate of drug-likeness (QED) is 0.547. The van der Waals surface area contributed by atoms with Crippen LogP contribution in [0.3, 0.4) is 0 Å². The van der Waals surface area contributed by atoms with Crippen molar-refractivity contribution in [2.45, 2.75) is 39.3 Å². The van der Waals surface area contributed by atoms with Gasteiger partial charge in [0, 0.05) is 30.9 Å². The Hall–Kier alpha value is -3.36. The Morgan fingerprint density at radius 3 is 2.41 bits per heavy atom. The molecule has 0 spiro atoms. The van der Waals surface area contributed by atoms with E-state index in [-0.39, 0.29) is 18.2 Å². The molecule has 0 unspecified atom stereocenters. The molecule has 1 heterocycles. The van der Waals surface area contributed by atoms with Crippen LogP contribution in [0.15, 0.2) is 33.5 Å². The third-order valence-corrected chi connectivity index (χ3v) is 4.43. The average Bonchev–Trinajstić information content (AvgIpc) is 2.64. The first-order chi connectivity index (χ1) is 13.6. The van der Waals surface area contributed by atoms with Crippen LogP contribution in [0, 0.1) is 5.92 Å². The molecule has 0 radical (unpaired) electrons. The van der Waals surface area contributed by atoms with E-state index in [0.717, 1.165) is 0 Å². The van der Waals surface area contributed by atoms with Crippen LogP contribution < -0.4 is 26.7 Å². The van der Waals surface area contributed by atoms with Gasteiger partial charge in [0.15, 0.2) is 0 Å². The fraction of sp³-hybridized carbons (Fsp3) is 0.400. The van der Waals surface area contributed by atoms with Crippen LogP contribution in [0.1, 0.15) is 26.3 Å². The van der Waals surface area contributed by atoms with Crippen molar-refractivity contribution in [3.05, 3.63) is 40.2 Å². The molecule has 1 aromatic heterocycles. The Bertz CT molecular complexity index is 982. The van der Waals surface area contributed by atoms with Crippen molar-refractivity contribution < 1.29 is 23.5 Å². The molecule has 0 aliphatic carbocycles. The SMILES string of the molecule is COc1ccc2c(C[C@@H](NC(=O)[C@H](NC(C)=O)C(C)C)C(N)=O)cc(=O)oc2c1. The highest BCUT2D eigenvalue weighted by molar-refractivity contribution is 5.92. The van der Waals surface area contributed by atoms with E-state index in [2.05, 4.69) is 10.6 Å². The summed E-state index contributed by atoms with van der Waals surface area (Å²) >= 11 is 0. The van der Waals surface area contributed by atoms with E-state index < -0.39 is 29.5 Å². The largest absolute Gasteiger partial charge is 0.497 e. The Morgan fingerprint density at radius 1 is 1.17 bits per heavy atom. The van der Waals surface area contributed by atoms with Crippen LogP contribution in [0.2, 0.25) is 0 Å². The molecule has 9 nitrogen and oxygen atoms in total. The highest BCUT2D eigenvalue weighted by Gasteiger charge is 2.28. The van der Waals surface area contributed by atoms with Crippen molar-refractivity contribution >= 4 is 28.7 Å². The number of hydrogen-bond acceptors (Lipinski definition) is 6. The van der Waals surface area contributed by atoms with Crippen molar-refractivity contribution in [1.29, 1.82) is 0 Å². The number of methoxy groups -OCH3 is 1. The molecule has 2 aromatic rings. The van der Waals surface area contributed by atoms with Crippen LogP contribution in [-0.4, -0.2) is 36.9 Å². The first-order valence-corrected chi connectivity index (χ1v) is 9.10. The monoisotopic (exact) mass is 403 g/mol. The molecule has 2 rings (SSSR count). The molecule has 1 aromatic carbocycles. The molecule has 0 aliphatic rings. The number of benzene rings is 1. The van der Waals surface area contributed by atoms with Crippen LogP contribution in [0.4, 0.5) is 0 Å². The Balaban J connectivity index is 2.33. The minimum atomic E-state index is -1.08. The second-order valence-electron chi connectivity index (χ2n) is 7.04. The van der Waals surface area contributed by atoms with Crippen LogP contribution in [0.5, 0.6) is 5.75 Å². The topological polar surface area (TPSA) is 141 Å². The summed E-state index contributed by atoms with van der Waals surface area (Å²) in [7, 11) is 1.49. The predicted octanol–water partition coefficient (Wildman–Crippen LogP) is 0.475. The molecule has 0 saturated heterocycles. The first-order valence-electron chi connectivity index (χ1n) is 9.10. The Labute approximate surface area is 167 Å². The van der Waals surface area contributed by atoms with Crippen LogP contribution in [0.25, 0.3) is 11.0 Å². The predicted molar refractivity (Wildman–Crippen MR) is 106 cm³/mol. The van der Waals surface area contributed by atoms with Crippen molar-refractivity contribution in [3.8, 4) is 5.75 Å². The van der Waals surface area contributed by atoms with Gasteiger partial charge in [0.2, 0.25) is 17.7 Å². The van der Waals surface area contributed by atoms with E-state index in [4.69, 9.17) is 14.9 Å². The number of nitrogens with one attached hydrogen (secondary N) is 2.